The molecule has 0 aliphatic heterocycles. The highest BCUT2D eigenvalue weighted by Gasteiger charge is 2.23. The zero-order chi connectivity index (χ0) is 13.1. The molecule has 0 fully saturated rings. The number of carboxylic acid groups (broad SMARTS) is 1. The fourth-order valence-electron chi connectivity index (χ4n) is 1.87. The number of carboxylic acids is 1. The van der Waals surface area contributed by atoms with Gasteiger partial charge in [0, 0.05) is 24.7 Å². The second-order valence-corrected chi connectivity index (χ2v) is 4.50. The normalized spacial score (nSPS) is 12.3. The number of benzene rings is 1. The van der Waals surface area contributed by atoms with Gasteiger partial charge in [0.05, 0.1) is 11.6 Å². The summed E-state index contributed by atoms with van der Waals surface area (Å²) in [6.07, 6.45) is 2.13. The molecule has 1 aromatic heterocycles. The van der Waals surface area contributed by atoms with Crippen LogP contribution < -0.4 is 0 Å². The first-order valence-corrected chi connectivity index (χ1v) is 5.91. The first-order valence-electron chi connectivity index (χ1n) is 5.53. The Morgan fingerprint density at radius 1 is 1.44 bits per heavy atom. The lowest BCUT2D eigenvalue weighted by molar-refractivity contribution is -0.138. The van der Waals surface area contributed by atoms with Crippen LogP contribution in [0, 0.1) is 0 Å². The molecule has 2 aromatic rings. The molecule has 94 valence electrons. The van der Waals surface area contributed by atoms with Crippen LogP contribution in [0.1, 0.15) is 17.2 Å². The highest BCUT2D eigenvalue weighted by molar-refractivity contribution is 6.31. The lowest BCUT2D eigenvalue weighted by atomic mass is 9.94. The van der Waals surface area contributed by atoms with E-state index in [1.807, 2.05) is 6.07 Å². The van der Waals surface area contributed by atoms with Crippen molar-refractivity contribution in [2.75, 3.05) is 0 Å². The van der Waals surface area contributed by atoms with Gasteiger partial charge in [-0.2, -0.15) is 5.10 Å². The van der Waals surface area contributed by atoms with Gasteiger partial charge in [-0.1, -0.05) is 29.8 Å². The van der Waals surface area contributed by atoms with E-state index in [-0.39, 0.29) is 0 Å². The molecule has 0 bridgehead atoms. The van der Waals surface area contributed by atoms with Crippen LogP contribution in [-0.4, -0.2) is 20.9 Å². The van der Waals surface area contributed by atoms with Crippen molar-refractivity contribution in [3.05, 3.63) is 52.8 Å². The summed E-state index contributed by atoms with van der Waals surface area (Å²) in [4.78, 5) is 11.4. The summed E-state index contributed by atoms with van der Waals surface area (Å²) in [5.41, 5.74) is 1.36. The third kappa shape index (κ3) is 2.71. The largest absolute Gasteiger partial charge is 0.481 e. The van der Waals surface area contributed by atoms with E-state index >= 15 is 0 Å². The Hall–Kier alpha value is -1.81. The molecular weight excluding hydrogens is 252 g/mol. The predicted molar refractivity (Wildman–Crippen MR) is 68.7 cm³/mol. The fraction of sp³-hybridized carbons (Fsp3) is 0.231. The third-order valence-corrected chi connectivity index (χ3v) is 3.11. The number of aromatic nitrogens is 2. The van der Waals surface area contributed by atoms with Gasteiger partial charge in [0.25, 0.3) is 0 Å². The van der Waals surface area contributed by atoms with Gasteiger partial charge in [-0.05, 0) is 17.7 Å². The molecule has 18 heavy (non-hydrogen) atoms. The minimum absolute atomic E-state index is 0.333. The summed E-state index contributed by atoms with van der Waals surface area (Å²) < 4.78 is 1.65. The predicted octanol–water partition coefficient (Wildman–Crippen LogP) is 2.48. The van der Waals surface area contributed by atoms with Gasteiger partial charge in [-0.15, -0.1) is 0 Å². The summed E-state index contributed by atoms with van der Waals surface area (Å²) >= 11 is 6.05. The molecule has 2 rings (SSSR count). The van der Waals surface area contributed by atoms with Crippen LogP contribution in [0.25, 0.3) is 0 Å². The maximum Gasteiger partial charge on any atom is 0.311 e. The Kier molecular flexibility index (Phi) is 3.67. The SMILES string of the molecule is Cn1ccc(CC(C(=O)O)c2ccccc2Cl)n1. The molecule has 0 aliphatic rings. The van der Waals surface area contributed by atoms with Gasteiger partial charge in [-0.25, -0.2) is 0 Å². The highest BCUT2D eigenvalue weighted by Crippen LogP contribution is 2.27. The average molecular weight is 265 g/mol. The molecule has 0 saturated carbocycles. The molecule has 0 aliphatic carbocycles. The minimum atomic E-state index is -0.895. The summed E-state index contributed by atoms with van der Waals surface area (Å²) in [5.74, 6) is -1.57. The molecule has 4 nitrogen and oxygen atoms in total. The molecule has 1 atom stereocenters. The summed E-state index contributed by atoms with van der Waals surface area (Å²) in [7, 11) is 1.80. The highest BCUT2D eigenvalue weighted by atomic mass is 35.5. The lowest BCUT2D eigenvalue weighted by Gasteiger charge is -2.12. The molecule has 0 saturated heterocycles. The Labute approximate surface area is 110 Å². The van der Waals surface area contributed by atoms with E-state index in [0.717, 1.165) is 5.69 Å². The van der Waals surface area contributed by atoms with Gasteiger partial charge in [0.15, 0.2) is 0 Å². The van der Waals surface area contributed by atoms with Crippen LogP contribution in [0.15, 0.2) is 36.5 Å². The van der Waals surface area contributed by atoms with Crippen LogP contribution in [0.3, 0.4) is 0 Å². The molecule has 0 spiro atoms. The van der Waals surface area contributed by atoms with Gasteiger partial charge < -0.3 is 5.11 Å². The molecule has 5 heteroatoms. The molecule has 0 amide bonds. The van der Waals surface area contributed by atoms with E-state index in [0.29, 0.717) is 17.0 Å². The number of rotatable bonds is 4. The van der Waals surface area contributed by atoms with Crippen molar-refractivity contribution in [1.82, 2.24) is 9.78 Å². The number of nitrogens with zero attached hydrogens (tertiary/aromatic N) is 2. The first-order chi connectivity index (χ1) is 8.58. The number of carbonyl (C=O) groups is 1. The van der Waals surface area contributed by atoms with E-state index in [9.17, 15) is 9.90 Å². The van der Waals surface area contributed by atoms with Gasteiger partial charge in [0.1, 0.15) is 0 Å². The number of hydrogen-bond acceptors (Lipinski definition) is 2. The second kappa shape index (κ2) is 5.23. The van der Waals surface area contributed by atoms with E-state index in [1.165, 1.54) is 0 Å². The molecule has 1 unspecified atom stereocenters. The molecule has 0 radical (unpaired) electrons. The Balaban J connectivity index is 2.30. The van der Waals surface area contributed by atoms with E-state index in [4.69, 9.17) is 11.6 Å². The number of aryl methyl sites for hydroxylation is 1. The Morgan fingerprint density at radius 2 is 2.17 bits per heavy atom. The van der Waals surface area contributed by atoms with E-state index in [1.54, 1.807) is 42.2 Å². The zero-order valence-corrected chi connectivity index (χ0v) is 10.6. The van der Waals surface area contributed by atoms with Crippen LogP contribution in [0.2, 0.25) is 5.02 Å². The van der Waals surface area contributed by atoms with Crippen molar-refractivity contribution in [3.63, 3.8) is 0 Å². The lowest BCUT2D eigenvalue weighted by Crippen LogP contribution is -2.15. The monoisotopic (exact) mass is 264 g/mol. The molecule has 1 aromatic carbocycles. The van der Waals surface area contributed by atoms with Crippen molar-refractivity contribution in [3.8, 4) is 0 Å². The van der Waals surface area contributed by atoms with E-state index in [2.05, 4.69) is 5.10 Å². The standard InChI is InChI=1S/C13H13ClN2O2/c1-16-7-6-9(15-16)8-11(13(17)18)10-4-2-3-5-12(10)14/h2-7,11H,8H2,1H3,(H,17,18). The number of halogens is 1. The average Bonchev–Trinajstić information content (AvgIpc) is 2.73. The maximum atomic E-state index is 11.4. The summed E-state index contributed by atoms with van der Waals surface area (Å²) in [5, 5.41) is 14.0. The van der Waals surface area contributed by atoms with Crippen molar-refractivity contribution in [2.24, 2.45) is 7.05 Å². The van der Waals surface area contributed by atoms with Gasteiger partial charge >= 0.3 is 5.97 Å². The van der Waals surface area contributed by atoms with Crippen molar-refractivity contribution >= 4 is 17.6 Å². The molecule has 1 N–H and O–H groups in total. The molecule has 1 heterocycles. The van der Waals surface area contributed by atoms with Gasteiger partial charge in [0.2, 0.25) is 0 Å². The zero-order valence-electron chi connectivity index (χ0n) is 9.88. The number of aliphatic carboxylic acids is 1. The first kappa shape index (κ1) is 12.6. The van der Waals surface area contributed by atoms with Crippen molar-refractivity contribution in [1.29, 1.82) is 0 Å². The fourth-order valence-corrected chi connectivity index (χ4v) is 2.14. The summed E-state index contributed by atoms with van der Waals surface area (Å²) in [6, 6.07) is 8.82. The van der Waals surface area contributed by atoms with E-state index < -0.39 is 11.9 Å². The van der Waals surface area contributed by atoms with Crippen LogP contribution in [-0.2, 0) is 18.3 Å². The number of hydrogen-bond donors (Lipinski definition) is 1. The Bertz CT molecular complexity index is 566. The van der Waals surface area contributed by atoms with Gasteiger partial charge in [-0.3, -0.25) is 9.48 Å². The van der Waals surface area contributed by atoms with Crippen LogP contribution >= 0.6 is 11.6 Å². The van der Waals surface area contributed by atoms with Crippen molar-refractivity contribution < 1.29 is 9.90 Å². The summed E-state index contributed by atoms with van der Waals surface area (Å²) in [6.45, 7) is 0. The Morgan fingerprint density at radius 3 is 2.72 bits per heavy atom. The quantitative estimate of drug-likeness (QED) is 0.923. The third-order valence-electron chi connectivity index (χ3n) is 2.76. The molecular formula is C13H13ClN2O2. The maximum absolute atomic E-state index is 11.4. The van der Waals surface area contributed by atoms with Crippen molar-refractivity contribution in [2.45, 2.75) is 12.3 Å². The smallest absolute Gasteiger partial charge is 0.311 e. The van der Waals surface area contributed by atoms with Crippen LogP contribution in [0.4, 0.5) is 0 Å². The minimum Gasteiger partial charge on any atom is -0.481 e. The van der Waals surface area contributed by atoms with Crippen LogP contribution in [0.5, 0.6) is 0 Å². The second-order valence-electron chi connectivity index (χ2n) is 4.10. The topological polar surface area (TPSA) is 55.1 Å².